The van der Waals surface area contributed by atoms with Gasteiger partial charge in [-0.25, -0.2) is 0 Å². The predicted molar refractivity (Wildman–Crippen MR) is 38.3 cm³/mol. The summed E-state index contributed by atoms with van der Waals surface area (Å²) in [6, 6.07) is 0. The third kappa shape index (κ3) is 0.897. The van der Waals surface area contributed by atoms with E-state index in [0.29, 0.717) is 0 Å². The third-order valence-electron chi connectivity index (χ3n) is 2.41. The molecule has 1 aliphatic heterocycles. The van der Waals surface area contributed by atoms with Gasteiger partial charge in [0.05, 0.1) is 0 Å². The Morgan fingerprint density at radius 3 is 3.44 bits per heavy atom. The van der Waals surface area contributed by atoms with Gasteiger partial charge in [0.15, 0.2) is 0 Å². The van der Waals surface area contributed by atoms with Crippen molar-refractivity contribution in [3.63, 3.8) is 0 Å². The Labute approximate surface area is 56.1 Å². The Morgan fingerprint density at radius 1 is 1.56 bits per heavy atom. The van der Waals surface area contributed by atoms with Crippen molar-refractivity contribution in [2.45, 2.75) is 19.3 Å². The van der Waals surface area contributed by atoms with Crippen LogP contribution in [-0.4, -0.2) is 13.1 Å². The highest BCUT2D eigenvalue weighted by molar-refractivity contribution is 5.16. The van der Waals surface area contributed by atoms with Crippen molar-refractivity contribution >= 4 is 0 Å². The molecular weight excluding hydrogens is 110 g/mol. The van der Waals surface area contributed by atoms with Gasteiger partial charge in [-0.1, -0.05) is 11.6 Å². The lowest BCUT2D eigenvalue weighted by atomic mass is 9.91. The molecule has 1 nitrogen and oxygen atoms in total. The Balaban J connectivity index is 2.16. The van der Waals surface area contributed by atoms with Crippen LogP contribution in [0.3, 0.4) is 0 Å². The molecule has 1 fully saturated rings. The van der Waals surface area contributed by atoms with Crippen LogP contribution in [0.25, 0.3) is 0 Å². The van der Waals surface area contributed by atoms with Crippen LogP contribution in [0, 0.1) is 5.92 Å². The van der Waals surface area contributed by atoms with E-state index in [2.05, 4.69) is 11.4 Å². The average molecular weight is 123 g/mol. The van der Waals surface area contributed by atoms with E-state index in [-0.39, 0.29) is 0 Å². The molecule has 1 heterocycles. The van der Waals surface area contributed by atoms with Gasteiger partial charge < -0.3 is 5.32 Å². The highest BCUT2D eigenvalue weighted by Crippen LogP contribution is 2.26. The van der Waals surface area contributed by atoms with Crippen LogP contribution >= 0.6 is 0 Å². The first-order valence-corrected chi connectivity index (χ1v) is 3.86. The van der Waals surface area contributed by atoms with E-state index in [0.717, 1.165) is 5.92 Å². The van der Waals surface area contributed by atoms with E-state index in [1.54, 1.807) is 5.57 Å². The van der Waals surface area contributed by atoms with Gasteiger partial charge in [-0.15, -0.1) is 0 Å². The molecule has 0 radical (unpaired) electrons. The van der Waals surface area contributed by atoms with Gasteiger partial charge in [-0.05, 0) is 25.2 Å². The van der Waals surface area contributed by atoms with Gasteiger partial charge in [0.1, 0.15) is 0 Å². The van der Waals surface area contributed by atoms with Gasteiger partial charge >= 0.3 is 0 Å². The molecule has 0 spiro atoms. The molecule has 0 amide bonds. The summed E-state index contributed by atoms with van der Waals surface area (Å²) in [6.45, 7) is 2.41. The topological polar surface area (TPSA) is 12.0 Å². The molecule has 1 saturated heterocycles. The Bertz CT molecular complexity index is 138. The summed E-state index contributed by atoms with van der Waals surface area (Å²) in [5.74, 6) is 0.916. The molecule has 2 rings (SSSR count). The second-order valence-corrected chi connectivity index (χ2v) is 3.04. The van der Waals surface area contributed by atoms with E-state index in [1.165, 1.54) is 32.4 Å². The van der Waals surface area contributed by atoms with Crippen LogP contribution in [0.2, 0.25) is 0 Å². The number of rotatable bonds is 0. The van der Waals surface area contributed by atoms with Crippen molar-refractivity contribution in [2.24, 2.45) is 5.92 Å². The first-order chi connectivity index (χ1) is 4.47. The second kappa shape index (κ2) is 2.14. The maximum atomic E-state index is 3.40. The van der Waals surface area contributed by atoms with Crippen LogP contribution in [0.15, 0.2) is 11.6 Å². The normalized spacial score (nSPS) is 33.8. The zero-order valence-corrected chi connectivity index (χ0v) is 5.69. The predicted octanol–water partition coefficient (Wildman–Crippen LogP) is 1.32. The summed E-state index contributed by atoms with van der Waals surface area (Å²) in [7, 11) is 0. The molecular formula is C8H13N. The number of fused-ring (bicyclic) bond motifs is 1. The van der Waals surface area contributed by atoms with E-state index in [9.17, 15) is 0 Å². The first-order valence-electron chi connectivity index (χ1n) is 3.86. The molecule has 2 aliphatic rings. The minimum Gasteiger partial charge on any atom is -0.312 e. The lowest BCUT2D eigenvalue weighted by Crippen LogP contribution is -2.09. The molecule has 0 aromatic rings. The summed E-state index contributed by atoms with van der Waals surface area (Å²) in [5.41, 5.74) is 1.68. The third-order valence-corrected chi connectivity index (χ3v) is 2.41. The van der Waals surface area contributed by atoms with Crippen molar-refractivity contribution in [1.29, 1.82) is 0 Å². The fourth-order valence-electron chi connectivity index (χ4n) is 1.84. The largest absolute Gasteiger partial charge is 0.312 e. The Morgan fingerprint density at radius 2 is 2.56 bits per heavy atom. The zero-order chi connectivity index (χ0) is 6.10. The summed E-state index contributed by atoms with van der Waals surface area (Å²) in [6.07, 6.45) is 6.59. The maximum absolute atomic E-state index is 3.40. The molecule has 0 unspecified atom stereocenters. The lowest BCUT2D eigenvalue weighted by molar-refractivity contribution is 0.546. The molecule has 50 valence electrons. The molecule has 1 aliphatic carbocycles. The monoisotopic (exact) mass is 123 g/mol. The van der Waals surface area contributed by atoms with Gasteiger partial charge in [-0.3, -0.25) is 0 Å². The van der Waals surface area contributed by atoms with Crippen LogP contribution in [0.5, 0.6) is 0 Å². The minimum atomic E-state index is 0.916. The number of hydrogen-bond acceptors (Lipinski definition) is 1. The molecule has 9 heavy (non-hydrogen) atoms. The van der Waals surface area contributed by atoms with Gasteiger partial charge in [-0.2, -0.15) is 0 Å². The SMILES string of the molecule is C1=C2CNC[C@H]2CCC1. The van der Waals surface area contributed by atoms with Crippen molar-refractivity contribution in [3.05, 3.63) is 11.6 Å². The fourth-order valence-corrected chi connectivity index (χ4v) is 1.84. The van der Waals surface area contributed by atoms with Gasteiger partial charge in [0.25, 0.3) is 0 Å². The average Bonchev–Trinajstić information content (AvgIpc) is 2.33. The van der Waals surface area contributed by atoms with Gasteiger partial charge in [0, 0.05) is 13.1 Å². The zero-order valence-electron chi connectivity index (χ0n) is 5.69. The Kier molecular flexibility index (Phi) is 1.31. The smallest absolute Gasteiger partial charge is 0.0168 e. The van der Waals surface area contributed by atoms with Gasteiger partial charge in [0.2, 0.25) is 0 Å². The Hall–Kier alpha value is -0.300. The fraction of sp³-hybridized carbons (Fsp3) is 0.750. The van der Waals surface area contributed by atoms with Crippen molar-refractivity contribution in [2.75, 3.05) is 13.1 Å². The maximum Gasteiger partial charge on any atom is 0.0168 e. The van der Waals surface area contributed by atoms with Crippen molar-refractivity contribution in [3.8, 4) is 0 Å². The molecule has 0 aromatic heterocycles. The molecule has 0 bridgehead atoms. The molecule has 1 N–H and O–H groups in total. The molecule has 1 heteroatoms. The van der Waals surface area contributed by atoms with Crippen LogP contribution in [0.1, 0.15) is 19.3 Å². The lowest BCUT2D eigenvalue weighted by Gasteiger charge is -2.14. The van der Waals surface area contributed by atoms with E-state index >= 15 is 0 Å². The summed E-state index contributed by atoms with van der Waals surface area (Å²) in [5, 5.41) is 3.40. The number of nitrogens with one attached hydrogen (secondary N) is 1. The number of allylic oxidation sites excluding steroid dienone is 1. The van der Waals surface area contributed by atoms with E-state index < -0.39 is 0 Å². The highest BCUT2D eigenvalue weighted by Gasteiger charge is 2.21. The molecule has 0 saturated carbocycles. The van der Waals surface area contributed by atoms with Crippen molar-refractivity contribution in [1.82, 2.24) is 5.32 Å². The van der Waals surface area contributed by atoms with Crippen LogP contribution in [0.4, 0.5) is 0 Å². The van der Waals surface area contributed by atoms with Crippen LogP contribution in [-0.2, 0) is 0 Å². The highest BCUT2D eigenvalue weighted by atomic mass is 14.9. The van der Waals surface area contributed by atoms with Crippen molar-refractivity contribution < 1.29 is 0 Å². The summed E-state index contributed by atoms with van der Waals surface area (Å²) in [4.78, 5) is 0. The van der Waals surface area contributed by atoms with E-state index in [1.807, 2.05) is 0 Å². The quantitative estimate of drug-likeness (QED) is 0.479. The molecule has 1 atom stereocenters. The standard InChI is InChI=1S/C8H13N/c1-2-4-8-6-9-5-7(8)3-1/h3,8-9H,1-2,4-6H2/t8-/m1/s1. The minimum absolute atomic E-state index is 0.916. The first kappa shape index (κ1) is 5.48. The van der Waals surface area contributed by atoms with E-state index in [4.69, 9.17) is 0 Å². The second-order valence-electron chi connectivity index (χ2n) is 3.04. The summed E-state index contributed by atoms with van der Waals surface area (Å²) < 4.78 is 0. The summed E-state index contributed by atoms with van der Waals surface area (Å²) >= 11 is 0. The molecule has 0 aromatic carbocycles. The number of hydrogen-bond donors (Lipinski definition) is 1. The van der Waals surface area contributed by atoms with Crippen LogP contribution < -0.4 is 5.32 Å².